The molecule has 1 heterocycles. The van der Waals surface area contributed by atoms with Crippen LogP contribution < -0.4 is 0 Å². The highest BCUT2D eigenvalue weighted by Crippen LogP contribution is 2.38. The molecule has 2 nitrogen and oxygen atoms in total. The van der Waals surface area contributed by atoms with Crippen LogP contribution >= 0.6 is 23.4 Å². The van der Waals surface area contributed by atoms with Crippen LogP contribution in [-0.4, -0.2) is 32.8 Å². The Bertz CT molecular complexity index is 95.8. The maximum absolute atomic E-state index is 9.13. The highest BCUT2D eigenvalue weighted by Gasteiger charge is 2.47. The molecule has 9 heavy (non-hydrogen) atoms. The van der Waals surface area contributed by atoms with Gasteiger partial charge in [-0.2, -0.15) is 12.6 Å². The van der Waals surface area contributed by atoms with Crippen molar-refractivity contribution in [3.8, 4) is 0 Å². The molecule has 0 aromatic heterocycles. The summed E-state index contributed by atoms with van der Waals surface area (Å²) in [6.07, 6.45) is -1.23. The highest BCUT2D eigenvalue weighted by molar-refractivity contribution is 8.82. The van der Waals surface area contributed by atoms with Crippen molar-refractivity contribution in [2.75, 3.05) is 5.75 Å². The molecule has 1 fully saturated rings. The van der Waals surface area contributed by atoms with Crippen LogP contribution in [0.1, 0.15) is 0 Å². The fraction of sp³-hybridized carbons (Fsp3) is 1.00. The Balaban J connectivity index is 2.22. The molecule has 1 aliphatic rings. The second-order valence-corrected chi connectivity index (χ2v) is 5.31. The van der Waals surface area contributed by atoms with Crippen molar-refractivity contribution in [2.24, 2.45) is 0 Å². The van der Waals surface area contributed by atoms with Gasteiger partial charge >= 0.3 is 0 Å². The first-order valence-corrected chi connectivity index (χ1v) is 5.66. The molecule has 0 aliphatic carbocycles. The van der Waals surface area contributed by atoms with Gasteiger partial charge in [0.1, 0.15) is 6.10 Å². The monoisotopic (exact) mass is 185 g/mol. The van der Waals surface area contributed by atoms with Crippen molar-refractivity contribution in [3.63, 3.8) is 0 Å². The Hall–Kier alpha value is 0.970. The lowest BCUT2D eigenvalue weighted by atomic mass is 10.2. The van der Waals surface area contributed by atoms with Crippen LogP contribution in [0.4, 0.5) is 0 Å². The van der Waals surface area contributed by atoms with Gasteiger partial charge in [-0.15, -0.1) is 0 Å². The summed E-state index contributed by atoms with van der Waals surface area (Å²) in [4.78, 5) is 0. The SMILES string of the molecule is O[C@H]([C@@H](O)CS)[C@H]1S[SH+]1. The summed E-state index contributed by atoms with van der Waals surface area (Å²) < 4.78 is 0.243. The van der Waals surface area contributed by atoms with Crippen molar-refractivity contribution in [2.45, 2.75) is 16.8 Å². The molecule has 0 spiro atoms. The predicted octanol–water partition coefficient (Wildman–Crippen LogP) is -0.559. The van der Waals surface area contributed by atoms with E-state index in [-0.39, 0.29) is 4.58 Å². The smallest absolute Gasteiger partial charge is 0.248 e. The molecule has 0 radical (unpaired) electrons. The number of thiol groups is 2. The van der Waals surface area contributed by atoms with Crippen LogP contribution in [0.2, 0.25) is 0 Å². The average molecular weight is 185 g/mol. The third-order valence-corrected chi connectivity index (χ3v) is 3.88. The summed E-state index contributed by atoms with van der Waals surface area (Å²) in [5, 5.41) is 18.1. The number of hydrogen-bond acceptors (Lipinski definition) is 4. The van der Waals surface area contributed by atoms with Gasteiger partial charge in [0.15, 0.2) is 10.8 Å². The molecular formula is C4H9O2S3+. The van der Waals surface area contributed by atoms with Crippen LogP contribution in [0.25, 0.3) is 0 Å². The Morgan fingerprint density at radius 3 is 2.56 bits per heavy atom. The Kier molecular flexibility index (Phi) is 3.04. The van der Waals surface area contributed by atoms with Crippen LogP contribution in [0.5, 0.6) is 0 Å². The lowest BCUT2D eigenvalue weighted by Crippen LogP contribution is -2.31. The molecule has 5 heteroatoms. The van der Waals surface area contributed by atoms with E-state index in [1.165, 1.54) is 10.8 Å². The molecule has 54 valence electrons. The standard InChI is InChI=1S/C4H8O2S3/c5-2(1-7)3(6)4-8-9-4/h2-7H,1H2/p+1/t2-,3+/m0/s1. The molecule has 3 atom stereocenters. The Labute approximate surface area is 67.2 Å². The topological polar surface area (TPSA) is 40.5 Å². The van der Waals surface area contributed by atoms with Crippen molar-refractivity contribution in [3.05, 3.63) is 0 Å². The summed E-state index contributed by atoms with van der Waals surface area (Å²) in [6, 6.07) is 0. The first kappa shape index (κ1) is 8.07. The quantitative estimate of drug-likeness (QED) is 0.239. The van der Waals surface area contributed by atoms with E-state index in [1.807, 2.05) is 0 Å². The first-order valence-electron chi connectivity index (χ1n) is 2.58. The van der Waals surface area contributed by atoms with Crippen molar-refractivity contribution in [1.82, 2.24) is 0 Å². The lowest BCUT2D eigenvalue weighted by molar-refractivity contribution is 0.0469. The van der Waals surface area contributed by atoms with Gasteiger partial charge in [0.25, 0.3) is 0 Å². The number of hydrogen-bond donors (Lipinski definition) is 3. The second kappa shape index (κ2) is 3.39. The maximum atomic E-state index is 9.13. The predicted molar refractivity (Wildman–Crippen MR) is 46.0 cm³/mol. The van der Waals surface area contributed by atoms with E-state index in [0.717, 1.165) is 0 Å². The van der Waals surface area contributed by atoms with Crippen LogP contribution in [0, 0.1) is 0 Å². The summed E-state index contributed by atoms with van der Waals surface area (Å²) in [7, 11) is 2.83. The van der Waals surface area contributed by atoms with E-state index in [0.29, 0.717) is 5.75 Å². The zero-order chi connectivity index (χ0) is 6.85. The van der Waals surface area contributed by atoms with Gasteiger partial charge in [-0.3, -0.25) is 0 Å². The van der Waals surface area contributed by atoms with Gasteiger partial charge in [0, 0.05) is 5.75 Å². The van der Waals surface area contributed by atoms with Crippen LogP contribution in [0.15, 0.2) is 0 Å². The van der Waals surface area contributed by atoms with E-state index in [2.05, 4.69) is 12.6 Å². The first-order chi connectivity index (χ1) is 4.25. The fourth-order valence-electron chi connectivity index (χ4n) is 0.458. The molecule has 1 rings (SSSR count). The Morgan fingerprint density at radius 2 is 2.22 bits per heavy atom. The number of aliphatic hydroxyl groups is 2. The minimum Gasteiger partial charge on any atom is -0.389 e. The van der Waals surface area contributed by atoms with Crippen molar-refractivity contribution in [1.29, 1.82) is 0 Å². The second-order valence-electron chi connectivity index (χ2n) is 1.84. The van der Waals surface area contributed by atoms with E-state index >= 15 is 0 Å². The van der Waals surface area contributed by atoms with Gasteiger partial charge in [0.2, 0.25) is 4.58 Å². The molecule has 0 aromatic carbocycles. The molecule has 1 saturated heterocycles. The van der Waals surface area contributed by atoms with Crippen molar-refractivity contribution < 1.29 is 10.2 Å². The van der Waals surface area contributed by atoms with E-state index in [9.17, 15) is 0 Å². The van der Waals surface area contributed by atoms with Gasteiger partial charge < -0.3 is 10.2 Å². The zero-order valence-corrected chi connectivity index (χ0v) is 7.24. The third-order valence-electron chi connectivity index (χ3n) is 1.10. The highest BCUT2D eigenvalue weighted by atomic mass is 33.2. The van der Waals surface area contributed by atoms with Gasteiger partial charge in [-0.05, 0) is 0 Å². The number of aliphatic hydroxyl groups excluding tert-OH is 2. The number of rotatable bonds is 3. The fourth-order valence-corrected chi connectivity index (χ4v) is 2.33. The molecule has 1 aliphatic heterocycles. The van der Waals surface area contributed by atoms with Gasteiger partial charge in [-0.1, -0.05) is 0 Å². The average Bonchev–Trinajstić information content (AvgIpc) is 2.66. The van der Waals surface area contributed by atoms with E-state index in [4.69, 9.17) is 10.2 Å². The zero-order valence-electron chi connectivity index (χ0n) is 4.64. The third kappa shape index (κ3) is 2.23. The van der Waals surface area contributed by atoms with Crippen LogP contribution in [-0.2, 0) is 10.8 Å². The molecule has 2 N–H and O–H groups in total. The minimum absolute atomic E-state index is 0.243. The molecular weight excluding hydrogens is 176 g/mol. The summed E-state index contributed by atoms with van der Waals surface area (Å²) in [5.41, 5.74) is 0. The maximum Gasteiger partial charge on any atom is 0.248 e. The largest absolute Gasteiger partial charge is 0.389 e. The normalized spacial score (nSPS) is 31.7. The molecule has 0 amide bonds. The molecule has 0 bridgehead atoms. The van der Waals surface area contributed by atoms with E-state index in [1.54, 1.807) is 10.8 Å². The minimum atomic E-state index is -0.652. The van der Waals surface area contributed by atoms with Crippen LogP contribution in [0.3, 0.4) is 0 Å². The summed E-state index contributed by atoms with van der Waals surface area (Å²) >= 11 is 3.85. The molecule has 0 unspecified atom stereocenters. The summed E-state index contributed by atoms with van der Waals surface area (Å²) in [5.74, 6) is 0.341. The van der Waals surface area contributed by atoms with E-state index < -0.39 is 12.2 Å². The summed E-state index contributed by atoms with van der Waals surface area (Å²) in [6.45, 7) is 0. The lowest BCUT2D eigenvalue weighted by Gasteiger charge is -2.08. The van der Waals surface area contributed by atoms with Gasteiger partial charge in [0.05, 0.1) is 16.9 Å². The Morgan fingerprint density at radius 1 is 1.67 bits per heavy atom. The molecule has 0 saturated carbocycles. The van der Waals surface area contributed by atoms with Crippen molar-refractivity contribution >= 4 is 34.2 Å². The van der Waals surface area contributed by atoms with Gasteiger partial charge in [-0.25, -0.2) is 0 Å². The molecule has 0 aromatic rings.